The van der Waals surface area contributed by atoms with Gasteiger partial charge in [0, 0.05) is 6.54 Å². The van der Waals surface area contributed by atoms with E-state index in [1.165, 1.54) is 0 Å². The van der Waals surface area contributed by atoms with Gasteiger partial charge in [-0.1, -0.05) is 6.42 Å². The third kappa shape index (κ3) is 4.19. The molecule has 0 aromatic heterocycles. The van der Waals surface area contributed by atoms with Crippen molar-refractivity contribution in [1.29, 1.82) is 0 Å². The average Bonchev–Trinajstić information content (AvgIpc) is 2.60. The number of nitrogens with zero attached hydrogens (tertiary/aromatic N) is 1. The number of rotatable bonds is 6. The lowest BCUT2D eigenvalue weighted by atomic mass is 10.2. The second-order valence-corrected chi connectivity index (χ2v) is 4.33. The molecule has 1 atom stereocenters. The zero-order chi connectivity index (χ0) is 15.3. The van der Waals surface area contributed by atoms with Crippen molar-refractivity contribution in [3.8, 4) is 0 Å². The van der Waals surface area contributed by atoms with Gasteiger partial charge in [0.1, 0.15) is 0 Å². The fraction of sp³-hybridized carbons (Fsp3) is 0.727. The van der Waals surface area contributed by atoms with E-state index in [2.05, 4.69) is 4.74 Å². The van der Waals surface area contributed by atoms with Gasteiger partial charge >= 0.3 is 12.1 Å². The number of halogens is 3. The number of carbonyl (C=O) groups excluding carboxylic acids is 3. The van der Waals surface area contributed by atoms with Crippen LogP contribution < -0.4 is 5.73 Å². The van der Waals surface area contributed by atoms with Gasteiger partial charge in [-0.2, -0.15) is 13.2 Å². The molecular formula is C11H15F3N2O4. The van der Waals surface area contributed by atoms with Crippen molar-refractivity contribution in [3.63, 3.8) is 0 Å². The Labute approximate surface area is 113 Å². The smallest absolute Gasteiger partial charge is 0.445 e. The predicted octanol–water partition coefficient (Wildman–Crippen LogP) is 0.348. The summed E-state index contributed by atoms with van der Waals surface area (Å²) in [6, 6.07) is 0. The van der Waals surface area contributed by atoms with Crippen LogP contribution in [0.4, 0.5) is 13.2 Å². The van der Waals surface area contributed by atoms with Gasteiger partial charge < -0.3 is 10.5 Å². The van der Waals surface area contributed by atoms with Crippen LogP contribution in [0.25, 0.3) is 0 Å². The van der Waals surface area contributed by atoms with Crippen molar-refractivity contribution in [2.24, 2.45) is 5.73 Å². The van der Waals surface area contributed by atoms with Gasteiger partial charge in [-0.3, -0.25) is 14.5 Å². The molecular weight excluding hydrogens is 281 g/mol. The summed E-state index contributed by atoms with van der Waals surface area (Å²) in [6.45, 7) is 0.575. The van der Waals surface area contributed by atoms with Crippen molar-refractivity contribution in [1.82, 2.24) is 4.90 Å². The Morgan fingerprint density at radius 1 is 1.30 bits per heavy atom. The maximum Gasteiger partial charge on any atom is 0.490 e. The number of hydrogen-bond acceptors (Lipinski definition) is 5. The number of likely N-dealkylation sites (tertiary alicyclic amines) is 1. The molecule has 1 saturated heterocycles. The van der Waals surface area contributed by atoms with E-state index in [0.29, 0.717) is 19.4 Å². The van der Waals surface area contributed by atoms with Crippen LogP contribution in [0.2, 0.25) is 0 Å². The van der Waals surface area contributed by atoms with Gasteiger partial charge in [-0.15, -0.1) is 0 Å². The molecule has 1 heterocycles. The van der Waals surface area contributed by atoms with Crippen LogP contribution in [-0.4, -0.2) is 48.1 Å². The van der Waals surface area contributed by atoms with Gasteiger partial charge in [0.2, 0.25) is 5.91 Å². The summed E-state index contributed by atoms with van der Waals surface area (Å²) in [6.07, 6.45) is -5.47. The second kappa shape index (κ2) is 6.69. The molecule has 0 aromatic carbocycles. The van der Waals surface area contributed by atoms with Crippen LogP contribution in [0, 0.1) is 0 Å². The highest BCUT2D eigenvalue weighted by atomic mass is 19.4. The van der Waals surface area contributed by atoms with Crippen LogP contribution >= 0.6 is 0 Å². The molecule has 0 radical (unpaired) electrons. The fourth-order valence-electron chi connectivity index (χ4n) is 1.77. The van der Waals surface area contributed by atoms with Gasteiger partial charge in [-0.05, 0) is 19.4 Å². The maximum atomic E-state index is 12.0. The van der Waals surface area contributed by atoms with Crippen LogP contribution in [0.5, 0.6) is 0 Å². The van der Waals surface area contributed by atoms with E-state index in [0.717, 1.165) is 11.3 Å². The van der Waals surface area contributed by atoms with Crippen molar-refractivity contribution in [2.45, 2.75) is 38.0 Å². The predicted molar refractivity (Wildman–Crippen MR) is 60.2 cm³/mol. The molecule has 0 spiro atoms. The molecule has 0 bridgehead atoms. The number of carbonyl (C=O) groups is 3. The lowest BCUT2D eigenvalue weighted by molar-refractivity contribution is -0.204. The third-order valence-electron chi connectivity index (χ3n) is 2.77. The first-order chi connectivity index (χ1) is 9.27. The molecule has 2 N–H and O–H groups in total. The minimum Gasteiger partial charge on any atom is -0.445 e. The van der Waals surface area contributed by atoms with Gasteiger partial charge in [-0.25, -0.2) is 4.79 Å². The SMILES string of the molecule is NCCCCCN1C(=O)CC(OC(=O)C(F)(F)F)C1=O. The lowest BCUT2D eigenvalue weighted by Gasteiger charge is -2.15. The highest BCUT2D eigenvalue weighted by Crippen LogP contribution is 2.22. The molecule has 1 fully saturated rings. The largest absolute Gasteiger partial charge is 0.490 e. The van der Waals surface area contributed by atoms with E-state index in [1.54, 1.807) is 0 Å². The Kier molecular flexibility index (Phi) is 5.49. The first-order valence-electron chi connectivity index (χ1n) is 6.09. The Hall–Kier alpha value is -1.64. The first kappa shape index (κ1) is 16.4. The summed E-state index contributed by atoms with van der Waals surface area (Å²) in [5.74, 6) is -4.00. The number of alkyl halides is 3. The number of hydrogen-bond donors (Lipinski definition) is 1. The van der Waals surface area contributed by atoms with Crippen molar-refractivity contribution in [2.75, 3.05) is 13.1 Å². The van der Waals surface area contributed by atoms with E-state index in [1.807, 2.05) is 0 Å². The molecule has 20 heavy (non-hydrogen) atoms. The minimum atomic E-state index is -5.18. The fourth-order valence-corrected chi connectivity index (χ4v) is 1.77. The van der Waals surface area contributed by atoms with E-state index in [-0.39, 0.29) is 6.54 Å². The number of amides is 2. The standard InChI is InChI=1S/C11H15F3N2O4/c12-11(13,14)10(19)20-7-6-8(17)16(9(7)18)5-3-1-2-4-15/h7H,1-6,15H2. The normalized spacial score (nSPS) is 19.6. The zero-order valence-electron chi connectivity index (χ0n) is 10.6. The summed E-state index contributed by atoms with van der Waals surface area (Å²) < 4.78 is 40.1. The molecule has 0 aromatic rings. The van der Waals surface area contributed by atoms with Gasteiger partial charge in [0.05, 0.1) is 6.42 Å². The van der Waals surface area contributed by atoms with Crippen molar-refractivity contribution < 1.29 is 32.3 Å². The maximum absolute atomic E-state index is 12.0. The van der Waals surface area contributed by atoms with Crippen molar-refractivity contribution >= 4 is 17.8 Å². The van der Waals surface area contributed by atoms with E-state index in [9.17, 15) is 27.6 Å². The monoisotopic (exact) mass is 296 g/mol. The Balaban J connectivity index is 2.52. The summed E-state index contributed by atoms with van der Waals surface area (Å²) in [7, 11) is 0. The van der Waals surface area contributed by atoms with Crippen molar-refractivity contribution in [3.05, 3.63) is 0 Å². The number of ether oxygens (including phenoxy) is 1. The summed E-state index contributed by atoms with van der Waals surface area (Å²) in [5, 5.41) is 0. The van der Waals surface area contributed by atoms with Gasteiger partial charge in [0.25, 0.3) is 5.91 Å². The molecule has 0 aliphatic carbocycles. The quantitative estimate of drug-likeness (QED) is 0.434. The molecule has 1 aliphatic rings. The second-order valence-electron chi connectivity index (χ2n) is 4.33. The summed E-state index contributed by atoms with van der Waals surface area (Å²) >= 11 is 0. The van der Waals surface area contributed by atoms with Crippen LogP contribution in [0.3, 0.4) is 0 Å². The molecule has 114 valence electrons. The minimum absolute atomic E-state index is 0.0950. The van der Waals surface area contributed by atoms with Crippen LogP contribution in [-0.2, 0) is 19.1 Å². The highest BCUT2D eigenvalue weighted by molar-refractivity contribution is 6.05. The summed E-state index contributed by atoms with van der Waals surface area (Å²) in [4.78, 5) is 34.6. The van der Waals surface area contributed by atoms with E-state index < -0.39 is 36.5 Å². The molecule has 1 aliphatic heterocycles. The summed E-state index contributed by atoms with van der Waals surface area (Å²) in [5.41, 5.74) is 5.28. The van der Waals surface area contributed by atoms with Gasteiger partial charge in [0.15, 0.2) is 6.10 Å². The molecule has 1 unspecified atom stereocenters. The average molecular weight is 296 g/mol. The molecule has 1 rings (SSSR count). The number of nitrogens with two attached hydrogens (primary N) is 1. The molecule has 6 nitrogen and oxygen atoms in total. The molecule has 0 saturated carbocycles. The highest BCUT2D eigenvalue weighted by Gasteiger charge is 2.47. The van der Waals surface area contributed by atoms with Crippen LogP contribution in [0.15, 0.2) is 0 Å². The third-order valence-corrected chi connectivity index (χ3v) is 2.77. The Morgan fingerprint density at radius 3 is 2.50 bits per heavy atom. The number of imide groups is 1. The molecule has 9 heteroatoms. The van der Waals surface area contributed by atoms with E-state index >= 15 is 0 Å². The first-order valence-corrected chi connectivity index (χ1v) is 6.09. The number of unbranched alkanes of at least 4 members (excludes halogenated alkanes) is 2. The topological polar surface area (TPSA) is 89.7 Å². The Bertz CT molecular complexity index is 398. The molecule has 2 amide bonds. The zero-order valence-corrected chi connectivity index (χ0v) is 10.6. The number of esters is 1. The Morgan fingerprint density at radius 2 is 1.95 bits per heavy atom. The van der Waals surface area contributed by atoms with Crippen LogP contribution in [0.1, 0.15) is 25.7 Å². The lowest BCUT2D eigenvalue weighted by Crippen LogP contribution is -2.37. The van der Waals surface area contributed by atoms with E-state index in [4.69, 9.17) is 5.73 Å².